The average molecular weight is 494 g/mol. The van der Waals surface area contributed by atoms with E-state index in [4.69, 9.17) is 4.74 Å². The maximum atomic E-state index is 13.6. The summed E-state index contributed by atoms with van der Waals surface area (Å²) in [7, 11) is 0. The number of aliphatic hydroxyl groups is 1. The minimum Gasteiger partial charge on any atom is -0.494 e. The van der Waals surface area contributed by atoms with Gasteiger partial charge in [-0.15, -0.1) is 0 Å². The Hall–Kier alpha value is -3.09. The van der Waals surface area contributed by atoms with Crippen molar-refractivity contribution in [1.29, 1.82) is 0 Å². The topological polar surface area (TPSA) is 49.8 Å². The van der Waals surface area contributed by atoms with Crippen molar-refractivity contribution in [1.82, 2.24) is 4.90 Å². The molecule has 0 amide bonds. The van der Waals surface area contributed by atoms with Gasteiger partial charge in [0.2, 0.25) is 0 Å². The van der Waals surface area contributed by atoms with Gasteiger partial charge in [-0.3, -0.25) is 4.79 Å². The fourth-order valence-electron chi connectivity index (χ4n) is 5.04. The maximum Gasteiger partial charge on any atom is 0.162 e. The van der Waals surface area contributed by atoms with Gasteiger partial charge in [-0.25, -0.2) is 8.78 Å². The van der Waals surface area contributed by atoms with Crippen LogP contribution in [0.5, 0.6) is 5.75 Å². The fraction of sp³-hybridized carbons (Fsp3) is 0.367. The van der Waals surface area contributed by atoms with Crippen LogP contribution >= 0.6 is 0 Å². The van der Waals surface area contributed by atoms with Gasteiger partial charge in [0, 0.05) is 18.5 Å². The molecule has 4 nitrogen and oxygen atoms in total. The first-order chi connectivity index (χ1) is 17.4. The molecule has 0 atom stereocenters. The van der Waals surface area contributed by atoms with Gasteiger partial charge in [0.25, 0.3) is 0 Å². The molecule has 1 N–H and O–H groups in total. The molecule has 36 heavy (non-hydrogen) atoms. The lowest BCUT2D eigenvalue weighted by Crippen LogP contribution is -2.44. The third-order valence-electron chi connectivity index (χ3n) is 7.13. The summed E-state index contributed by atoms with van der Waals surface area (Å²) in [4.78, 5) is 14.1. The summed E-state index contributed by atoms with van der Waals surface area (Å²) in [6.07, 6.45) is 2.88. The number of Topliss-reactive ketones (excluding diaryl/α,β-unsaturated/α-hetero) is 1. The van der Waals surface area contributed by atoms with Crippen molar-refractivity contribution < 1.29 is 23.4 Å². The molecule has 1 fully saturated rings. The normalized spacial score (nSPS) is 15.1. The highest BCUT2D eigenvalue weighted by molar-refractivity contribution is 5.95. The number of rotatable bonds is 10. The van der Waals surface area contributed by atoms with Crippen LogP contribution in [0.15, 0.2) is 72.8 Å². The predicted octanol–water partition coefficient (Wildman–Crippen LogP) is 5.97. The van der Waals surface area contributed by atoms with Crippen LogP contribution in [0.2, 0.25) is 0 Å². The van der Waals surface area contributed by atoms with Crippen molar-refractivity contribution in [3.05, 3.63) is 101 Å². The number of ketones is 1. The molecule has 0 aromatic heterocycles. The number of piperidine rings is 1. The molecular formula is C30H33F2NO3. The Kier molecular flexibility index (Phi) is 8.49. The van der Waals surface area contributed by atoms with Crippen molar-refractivity contribution in [2.75, 3.05) is 26.2 Å². The molecule has 1 heterocycles. The third kappa shape index (κ3) is 6.00. The highest BCUT2D eigenvalue weighted by Crippen LogP contribution is 2.42. The number of hydrogen-bond donors (Lipinski definition) is 1. The Morgan fingerprint density at radius 1 is 0.917 bits per heavy atom. The van der Waals surface area contributed by atoms with E-state index in [1.807, 2.05) is 19.1 Å². The molecule has 1 aliphatic heterocycles. The molecule has 1 aliphatic rings. The van der Waals surface area contributed by atoms with Crippen molar-refractivity contribution in [3.63, 3.8) is 0 Å². The lowest BCUT2D eigenvalue weighted by atomic mass is 9.72. The fourth-order valence-corrected chi connectivity index (χ4v) is 5.04. The zero-order valence-corrected chi connectivity index (χ0v) is 20.6. The number of benzene rings is 3. The number of halogens is 2. The minimum atomic E-state index is -1.32. The first-order valence-electron chi connectivity index (χ1n) is 12.6. The van der Waals surface area contributed by atoms with Crippen molar-refractivity contribution in [2.24, 2.45) is 5.92 Å². The van der Waals surface area contributed by atoms with E-state index in [2.05, 4.69) is 4.90 Å². The highest BCUT2D eigenvalue weighted by atomic mass is 19.1. The molecule has 0 aliphatic carbocycles. The minimum absolute atomic E-state index is 0.0785. The van der Waals surface area contributed by atoms with Crippen LogP contribution in [-0.2, 0) is 5.60 Å². The van der Waals surface area contributed by atoms with E-state index in [1.54, 1.807) is 36.4 Å². The molecule has 1 saturated heterocycles. The van der Waals surface area contributed by atoms with Gasteiger partial charge < -0.3 is 14.7 Å². The summed E-state index contributed by atoms with van der Waals surface area (Å²) in [5.74, 6) is 0.0799. The maximum absolute atomic E-state index is 13.6. The molecule has 0 saturated carbocycles. The summed E-state index contributed by atoms with van der Waals surface area (Å²) in [5, 5.41) is 12.0. The number of ether oxygens (including phenoxy) is 1. The number of hydrogen-bond acceptors (Lipinski definition) is 4. The monoisotopic (exact) mass is 493 g/mol. The van der Waals surface area contributed by atoms with Gasteiger partial charge >= 0.3 is 0 Å². The Morgan fingerprint density at radius 2 is 1.44 bits per heavy atom. The van der Waals surface area contributed by atoms with Crippen molar-refractivity contribution >= 4 is 5.78 Å². The Labute approximate surface area is 211 Å². The van der Waals surface area contributed by atoms with Crippen LogP contribution in [0.3, 0.4) is 0 Å². The standard InChI is InChI=1S/C30H33F2NO3/c1-2-29(34)22-4-14-28(15-5-22)36-21-3-18-33-19-16-25(17-20-33)30(35,23-6-10-26(31)11-7-23)24-8-12-27(32)13-9-24/h4-15,25,35H,2-3,16-21H2,1H3. The van der Waals surface area contributed by atoms with E-state index >= 15 is 0 Å². The van der Waals surface area contributed by atoms with Gasteiger partial charge in [0.05, 0.1) is 6.61 Å². The van der Waals surface area contributed by atoms with E-state index in [9.17, 15) is 18.7 Å². The van der Waals surface area contributed by atoms with Gasteiger partial charge in [-0.1, -0.05) is 31.2 Å². The molecular weight excluding hydrogens is 460 g/mol. The number of likely N-dealkylation sites (tertiary alicyclic amines) is 1. The second-order valence-electron chi connectivity index (χ2n) is 9.40. The Morgan fingerprint density at radius 3 is 1.94 bits per heavy atom. The SMILES string of the molecule is CCC(=O)c1ccc(OCCCN2CCC(C(O)(c3ccc(F)cc3)c3ccc(F)cc3)CC2)cc1. The van der Waals surface area contributed by atoms with Crippen molar-refractivity contribution in [2.45, 2.75) is 38.2 Å². The summed E-state index contributed by atoms with van der Waals surface area (Å²) in [5.41, 5.74) is 0.624. The van der Waals surface area contributed by atoms with Gasteiger partial charge in [0.1, 0.15) is 23.0 Å². The smallest absolute Gasteiger partial charge is 0.162 e. The summed E-state index contributed by atoms with van der Waals surface area (Å²) in [6.45, 7) is 4.95. The van der Waals surface area contributed by atoms with Crippen LogP contribution in [-0.4, -0.2) is 42.0 Å². The van der Waals surface area contributed by atoms with Crippen LogP contribution in [0, 0.1) is 17.6 Å². The second kappa shape index (κ2) is 11.8. The molecule has 6 heteroatoms. The van der Waals surface area contributed by atoms with E-state index in [0.717, 1.165) is 44.6 Å². The van der Waals surface area contributed by atoms with E-state index < -0.39 is 5.60 Å². The van der Waals surface area contributed by atoms with Gasteiger partial charge in [0.15, 0.2) is 5.78 Å². The zero-order chi connectivity index (χ0) is 25.5. The number of carbonyl (C=O) groups excluding carboxylic acids is 1. The van der Waals surface area contributed by atoms with E-state index in [0.29, 0.717) is 29.7 Å². The lowest BCUT2D eigenvalue weighted by molar-refractivity contribution is -0.0147. The molecule has 0 spiro atoms. The molecule has 190 valence electrons. The van der Waals surface area contributed by atoms with Gasteiger partial charge in [-0.05, 0) is 97.9 Å². The van der Waals surface area contributed by atoms with E-state index in [-0.39, 0.29) is 23.3 Å². The number of carbonyl (C=O) groups is 1. The third-order valence-corrected chi connectivity index (χ3v) is 7.13. The molecule has 3 aromatic carbocycles. The van der Waals surface area contributed by atoms with Crippen LogP contribution in [0.1, 0.15) is 54.1 Å². The second-order valence-corrected chi connectivity index (χ2v) is 9.40. The van der Waals surface area contributed by atoms with Gasteiger partial charge in [-0.2, -0.15) is 0 Å². The summed E-state index contributed by atoms with van der Waals surface area (Å²) < 4.78 is 33.0. The lowest BCUT2D eigenvalue weighted by Gasteiger charge is -2.42. The van der Waals surface area contributed by atoms with Crippen LogP contribution in [0.4, 0.5) is 8.78 Å². The first kappa shape index (κ1) is 26.0. The molecule has 0 bridgehead atoms. The number of nitrogens with zero attached hydrogens (tertiary/aromatic N) is 1. The Bertz CT molecular complexity index is 1080. The summed E-state index contributed by atoms with van der Waals surface area (Å²) in [6, 6.07) is 19.2. The zero-order valence-electron chi connectivity index (χ0n) is 20.6. The Balaban J connectivity index is 1.32. The van der Waals surface area contributed by atoms with Crippen molar-refractivity contribution in [3.8, 4) is 5.75 Å². The van der Waals surface area contributed by atoms with E-state index in [1.165, 1.54) is 24.3 Å². The summed E-state index contributed by atoms with van der Waals surface area (Å²) >= 11 is 0. The first-order valence-corrected chi connectivity index (χ1v) is 12.6. The molecule has 0 radical (unpaired) electrons. The largest absolute Gasteiger partial charge is 0.494 e. The average Bonchev–Trinajstić information content (AvgIpc) is 2.91. The quantitative estimate of drug-likeness (QED) is 0.279. The molecule has 4 rings (SSSR count). The predicted molar refractivity (Wildman–Crippen MR) is 136 cm³/mol. The highest BCUT2D eigenvalue weighted by Gasteiger charge is 2.41. The van der Waals surface area contributed by atoms with Crippen LogP contribution < -0.4 is 4.74 Å². The molecule has 0 unspecified atom stereocenters. The molecule has 3 aromatic rings. The van der Waals surface area contributed by atoms with Crippen LogP contribution in [0.25, 0.3) is 0 Å².